The van der Waals surface area contributed by atoms with E-state index in [1.165, 1.54) is 11.3 Å². The van der Waals surface area contributed by atoms with Gasteiger partial charge >= 0.3 is 0 Å². The number of anilines is 2. The molecule has 0 unspecified atom stereocenters. The normalized spacial score (nSPS) is 10.7. The van der Waals surface area contributed by atoms with Crippen LogP contribution in [-0.4, -0.2) is 16.8 Å². The molecule has 144 valence electrons. The van der Waals surface area contributed by atoms with Gasteiger partial charge in [-0.05, 0) is 48.4 Å². The molecule has 0 aliphatic rings. The van der Waals surface area contributed by atoms with E-state index in [4.69, 9.17) is 0 Å². The summed E-state index contributed by atoms with van der Waals surface area (Å²) in [6, 6.07) is 22.3. The van der Waals surface area contributed by atoms with E-state index in [2.05, 4.69) is 15.6 Å². The van der Waals surface area contributed by atoms with Gasteiger partial charge in [-0.25, -0.2) is 4.98 Å². The molecule has 6 heteroatoms. The van der Waals surface area contributed by atoms with Crippen LogP contribution in [0.1, 0.15) is 21.5 Å². The standard InChI is InChI=1S/C23H19N3O2S/c1-15-6-5-9-19-21(15)25-23(29-19)26-22(28)17-10-12-18(13-11-17)24-20(27)14-16-7-3-2-4-8-16/h2-13H,14H2,1H3,(H,24,27)(H,25,26,28). The Kier molecular flexibility index (Phi) is 5.35. The summed E-state index contributed by atoms with van der Waals surface area (Å²) in [5.74, 6) is -0.331. The molecule has 29 heavy (non-hydrogen) atoms. The number of fused-ring (bicyclic) bond motifs is 1. The SMILES string of the molecule is Cc1cccc2sc(NC(=O)c3ccc(NC(=O)Cc4ccccc4)cc3)nc12. The molecule has 0 bridgehead atoms. The van der Waals surface area contributed by atoms with Crippen molar-refractivity contribution in [1.82, 2.24) is 4.98 Å². The maximum atomic E-state index is 12.5. The summed E-state index contributed by atoms with van der Waals surface area (Å²) in [6.45, 7) is 2.00. The van der Waals surface area contributed by atoms with Gasteiger partial charge in [-0.1, -0.05) is 53.8 Å². The molecule has 0 saturated carbocycles. The zero-order chi connectivity index (χ0) is 20.2. The lowest BCUT2D eigenvalue weighted by Gasteiger charge is -2.07. The summed E-state index contributed by atoms with van der Waals surface area (Å²) in [7, 11) is 0. The van der Waals surface area contributed by atoms with Crippen LogP contribution in [0.4, 0.5) is 10.8 Å². The summed E-state index contributed by atoms with van der Waals surface area (Å²) in [5.41, 5.74) is 4.09. The molecule has 0 saturated heterocycles. The molecule has 0 atom stereocenters. The topological polar surface area (TPSA) is 71.1 Å². The maximum Gasteiger partial charge on any atom is 0.257 e. The predicted molar refractivity (Wildman–Crippen MR) is 118 cm³/mol. The van der Waals surface area contributed by atoms with Crippen molar-refractivity contribution < 1.29 is 9.59 Å². The van der Waals surface area contributed by atoms with Crippen molar-refractivity contribution in [2.75, 3.05) is 10.6 Å². The fraction of sp³-hybridized carbons (Fsp3) is 0.0870. The highest BCUT2D eigenvalue weighted by atomic mass is 32.1. The monoisotopic (exact) mass is 401 g/mol. The van der Waals surface area contributed by atoms with Crippen LogP contribution in [0.15, 0.2) is 72.8 Å². The van der Waals surface area contributed by atoms with Crippen LogP contribution in [0.5, 0.6) is 0 Å². The number of nitrogens with one attached hydrogen (secondary N) is 2. The number of hydrogen-bond acceptors (Lipinski definition) is 4. The Hall–Kier alpha value is -3.51. The van der Waals surface area contributed by atoms with Crippen molar-refractivity contribution in [2.24, 2.45) is 0 Å². The van der Waals surface area contributed by atoms with E-state index in [9.17, 15) is 9.59 Å². The molecule has 5 nitrogen and oxygen atoms in total. The van der Waals surface area contributed by atoms with Crippen molar-refractivity contribution >= 4 is 44.2 Å². The Morgan fingerprint density at radius 1 is 0.897 bits per heavy atom. The van der Waals surface area contributed by atoms with Crippen LogP contribution < -0.4 is 10.6 Å². The van der Waals surface area contributed by atoms with Crippen LogP contribution in [-0.2, 0) is 11.2 Å². The molecular weight excluding hydrogens is 382 g/mol. The van der Waals surface area contributed by atoms with Crippen LogP contribution in [0, 0.1) is 6.92 Å². The number of thiazole rings is 1. The largest absolute Gasteiger partial charge is 0.326 e. The minimum atomic E-state index is -0.233. The zero-order valence-corrected chi connectivity index (χ0v) is 16.6. The molecule has 0 spiro atoms. The van der Waals surface area contributed by atoms with Crippen molar-refractivity contribution in [3.05, 3.63) is 89.5 Å². The molecule has 0 aliphatic carbocycles. The molecule has 0 fully saturated rings. The number of aromatic nitrogens is 1. The molecule has 4 aromatic rings. The van der Waals surface area contributed by atoms with Gasteiger partial charge in [0.25, 0.3) is 5.91 Å². The number of para-hydroxylation sites is 1. The highest BCUT2D eigenvalue weighted by Crippen LogP contribution is 2.28. The van der Waals surface area contributed by atoms with Gasteiger partial charge in [0.2, 0.25) is 5.91 Å². The van der Waals surface area contributed by atoms with Gasteiger partial charge in [0, 0.05) is 11.3 Å². The Labute approximate surface area is 172 Å². The first-order chi connectivity index (χ1) is 14.1. The van der Waals surface area contributed by atoms with Gasteiger partial charge in [-0.15, -0.1) is 0 Å². The minimum absolute atomic E-state index is 0.0988. The highest BCUT2D eigenvalue weighted by molar-refractivity contribution is 7.22. The van der Waals surface area contributed by atoms with E-state index in [0.29, 0.717) is 22.8 Å². The van der Waals surface area contributed by atoms with E-state index < -0.39 is 0 Å². The first-order valence-electron chi connectivity index (χ1n) is 9.20. The molecule has 3 aromatic carbocycles. The quantitative estimate of drug-likeness (QED) is 0.492. The third kappa shape index (κ3) is 4.50. The Bertz CT molecular complexity index is 1170. The number of rotatable bonds is 5. The first-order valence-corrected chi connectivity index (χ1v) is 10.0. The van der Waals surface area contributed by atoms with Crippen LogP contribution >= 0.6 is 11.3 Å². The van der Waals surface area contributed by atoms with Gasteiger partial charge in [0.1, 0.15) is 0 Å². The number of hydrogen-bond donors (Lipinski definition) is 2. The van der Waals surface area contributed by atoms with Crippen LogP contribution in [0.3, 0.4) is 0 Å². The number of amides is 2. The smallest absolute Gasteiger partial charge is 0.257 e. The average molecular weight is 401 g/mol. The van der Waals surface area contributed by atoms with E-state index in [1.54, 1.807) is 24.3 Å². The van der Waals surface area contributed by atoms with Gasteiger partial charge < -0.3 is 5.32 Å². The summed E-state index contributed by atoms with van der Waals surface area (Å²) >= 11 is 1.45. The molecule has 1 heterocycles. The van der Waals surface area contributed by atoms with Crippen LogP contribution in [0.2, 0.25) is 0 Å². The summed E-state index contributed by atoms with van der Waals surface area (Å²) < 4.78 is 1.04. The number of carbonyl (C=O) groups excluding carboxylic acids is 2. The van der Waals surface area contributed by atoms with Crippen molar-refractivity contribution in [3.8, 4) is 0 Å². The van der Waals surface area contributed by atoms with Crippen molar-refractivity contribution in [2.45, 2.75) is 13.3 Å². The van der Waals surface area contributed by atoms with E-state index in [1.807, 2.05) is 55.5 Å². The first kappa shape index (κ1) is 18.8. The lowest BCUT2D eigenvalue weighted by molar-refractivity contribution is -0.115. The van der Waals surface area contributed by atoms with Crippen molar-refractivity contribution in [1.29, 1.82) is 0 Å². The van der Waals surface area contributed by atoms with E-state index in [0.717, 1.165) is 21.3 Å². The maximum absolute atomic E-state index is 12.5. The van der Waals surface area contributed by atoms with Gasteiger partial charge in [0.05, 0.1) is 16.6 Å². The minimum Gasteiger partial charge on any atom is -0.326 e. The number of benzene rings is 3. The third-order valence-electron chi connectivity index (χ3n) is 4.48. The molecule has 0 aliphatic heterocycles. The average Bonchev–Trinajstić information content (AvgIpc) is 3.13. The second-order valence-corrected chi connectivity index (χ2v) is 7.71. The summed E-state index contributed by atoms with van der Waals surface area (Å²) in [4.78, 5) is 29.2. The summed E-state index contributed by atoms with van der Waals surface area (Å²) in [5, 5.41) is 6.27. The second kappa shape index (κ2) is 8.24. The number of aryl methyl sites for hydroxylation is 1. The molecule has 4 rings (SSSR count). The lowest BCUT2D eigenvalue weighted by Crippen LogP contribution is -2.15. The Morgan fingerprint density at radius 3 is 2.38 bits per heavy atom. The Morgan fingerprint density at radius 2 is 1.66 bits per heavy atom. The highest BCUT2D eigenvalue weighted by Gasteiger charge is 2.11. The molecular formula is C23H19N3O2S. The van der Waals surface area contributed by atoms with Crippen LogP contribution in [0.25, 0.3) is 10.2 Å². The van der Waals surface area contributed by atoms with Gasteiger partial charge in [0.15, 0.2) is 5.13 Å². The van der Waals surface area contributed by atoms with E-state index in [-0.39, 0.29) is 11.8 Å². The van der Waals surface area contributed by atoms with Crippen molar-refractivity contribution in [3.63, 3.8) is 0 Å². The molecule has 2 amide bonds. The zero-order valence-electron chi connectivity index (χ0n) is 15.8. The third-order valence-corrected chi connectivity index (χ3v) is 5.42. The molecule has 0 radical (unpaired) electrons. The fourth-order valence-corrected chi connectivity index (χ4v) is 3.94. The Balaban J connectivity index is 1.39. The molecule has 1 aromatic heterocycles. The van der Waals surface area contributed by atoms with E-state index >= 15 is 0 Å². The second-order valence-electron chi connectivity index (χ2n) is 6.68. The predicted octanol–water partition coefficient (Wildman–Crippen LogP) is 5.04. The number of nitrogens with zero attached hydrogens (tertiary/aromatic N) is 1. The fourth-order valence-electron chi connectivity index (χ4n) is 3.00. The van der Waals surface area contributed by atoms with Gasteiger partial charge in [-0.2, -0.15) is 0 Å². The summed E-state index contributed by atoms with van der Waals surface area (Å²) in [6.07, 6.45) is 0.306. The molecule has 2 N–H and O–H groups in total. The lowest BCUT2D eigenvalue weighted by atomic mass is 10.1. The van der Waals surface area contributed by atoms with Gasteiger partial charge in [-0.3, -0.25) is 14.9 Å². The number of carbonyl (C=O) groups is 2.